The van der Waals surface area contributed by atoms with Crippen molar-refractivity contribution in [3.05, 3.63) is 110 Å². The Morgan fingerprint density at radius 1 is 0.889 bits per heavy atom. The molecule has 11 heteroatoms. The Kier molecular flexibility index (Phi) is 6.10. The highest BCUT2D eigenvalue weighted by molar-refractivity contribution is 5.47. The van der Waals surface area contributed by atoms with Gasteiger partial charge >= 0.3 is 5.69 Å². The number of aryl methyl sites for hydroxylation is 1. The summed E-state index contributed by atoms with van der Waals surface area (Å²) in [6, 6.07) is 18.2. The van der Waals surface area contributed by atoms with Gasteiger partial charge in [-0.15, -0.1) is 0 Å². The molecule has 0 N–H and O–H groups in total. The molecule has 2 aromatic carbocycles. The number of benzene rings is 2. The quantitative estimate of drug-likeness (QED) is 0.229. The normalized spacial score (nSPS) is 14.3. The number of hydrogen-bond acceptors (Lipinski definition) is 9. The molecule has 180 valence electrons. The summed E-state index contributed by atoms with van der Waals surface area (Å²) in [5.74, 6) is 1.83. The summed E-state index contributed by atoms with van der Waals surface area (Å²) in [5.41, 5.74) is 1.50. The fraction of sp³-hybridized carbons (Fsp3) is 0.120. The fourth-order valence-corrected chi connectivity index (χ4v) is 3.81. The van der Waals surface area contributed by atoms with Crippen molar-refractivity contribution in [1.82, 2.24) is 9.97 Å². The van der Waals surface area contributed by atoms with Gasteiger partial charge in [-0.3, -0.25) is 20.2 Å². The molecule has 0 radical (unpaired) electrons. The lowest BCUT2D eigenvalue weighted by Gasteiger charge is -2.27. The highest BCUT2D eigenvalue weighted by Gasteiger charge is 2.23. The van der Waals surface area contributed by atoms with Gasteiger partial charge in [0, 0.05) is 24.4 Å². The van der Waals surface area contributed by atoms with E-state index >= 15 is 0 Å². The molecule has 0 saturated heterocycles. The molecule has 4 aromatic rings. The zero-order valence-corrected chi connectivity index (χ0v) is 18.6. The van der Waals surface area contributed by atoms with Gasteiger partial charge < -0.3 is 14.2 Å². The zero-order chi connectivity index (χ0) is 25.1. The first kappa shape index (κ1) is 22.7. The van der Waals surface area contributed by atoms with Crippen molar-refractivity contribution in [1.29, 1.82) is 0 Å². The van der Waals surface area contributed by atoms with Crippen molar-refractivity contribution in [3.63, 3.8) is 0 Å². The molecule has 5 rings (SSSR count). The number of nitrogens with zero attached hydrogens (tertiary/aromatic N) is 4. The van der Waals surface area contributed by atoms with Crippen LogP contribution in [0.1, 0.15) is 23.7 Å². The SMILES string of the molecule is O=[N+]([O-])c1ccc(Oc2cccc([C@@H]3CCc4cc(Oc5ncccc5[N+](=O)[O-])ccc4O3)c2)nc1. The molecule has 0 fully saturated rings. The molecule has 36 heavy (non-hydrogen) atoms. The minimum atomic E-state index is -0.538. The van der Waals surface area contributed by atoms with Gasteiger partial charge in [-0.25, -0.2) is 9.97 Å². The first-order chi connectivity index (χ1) is 17.5. The second-order valence-corrected chi connectivity index (χ2v) is 7.89. The van der Waals surface area contributed by atoms with E-state index in [1.165, 1.54) is 30.5 Å². The molecule has 0 unspecified atom stereocenters. The number of nitro groups is 2. The Labute approximate surface area is 204 Å². The van der Waals surface area contributed by atoms with Crippen LogP contribution in [0, 0.1) is 20.2 Å². The largest absolute Gasteiger partial charge is 0.485 e. The molecule has 1 aliphatic heterocycles. The number of aromatic nitrogens is 2. The van der Waals surface area contributed by atoms with Crippen LogP contribution in [0.2, 0.25) is 0 Å². The van der Waals surface area contributed by atoms with E-state index in [-0.39, 0.29) is 29.2 Å². The lowest BCUT2D eigenvalue weighted by Crippen LogP contribution is -2.15. The Morgan fingerprint density at radius 2 is 1.75 bits per heavy atom. The highest BCUT2D eigenvalue weighted by atomic mass is 16.6. The maximum Gasteiger partial charge on any atom is 0.331 e. The third-order valence-electron chi connectivity index (χ3n) is 5.52. The Hall–Kier alpha value is -5.06. The maximum absolute atomic E-state index is 11.2. The van der Waals surface area contributed by atoms with Crippen LogP contribution in [0.5, 0.6) is 29.0 Å². The second kappa shape index (κ2) is 9.66. The van der Waals surface area contributed by atoms with E-state index in [2.05, 4.69) is 9.97 Å². The summed E-state index contributed by atoms with van der Waals surface area (Å²) >= 11 is 0. The first-order valence-corrected chi connectivity index (χ1v) is 10.9. The molecular weight excluding hydrogens is 468 g/mol. The molecule has 0 amide bonds. The smallest absolute Gasteiger partial charge is 0.331 e. The van der Waals surface area contributed by atoms with Crippen LogP contribution < -0.4 is 14.2 Å². The Bertz CT molecular complexity index is 1440. The molecule has 11 nitrogen and oxygen atoms in total. The summed E-state index contributed by atoms with van der Waals surface area (Å²) in [5, 5.41) is 22.0. The van der Waals surface area contributed by atoms with Gasteiger partial charge in [0.1, 0.15) is 29.5 Å². The minimum absolute atomic E-state index is 0.0728. The molecule has 2 aromatic heterocycles. The van der Waals surface area contributed by atoms with E-state index in [1.807, 2.05) is 18.2 Å². The average molecular weight is 486 g/mol. The van der Waals surface area contributed by atoms with Crippen molar-refractivity contribution >= 4 is 11.4 Å². The molecule has 0 aliphatic carbocycles. The summed E-state index contributed by atoms with van der Waals surface area (Å²) in [6.45, 7) is 0. The molecule has 1 aliphatic rings. The molecule has 0 bridgehead atoms. The fourth-order valence-electron chi connectivity index (χ4n) is 3.81. The second-order valence-electron chi connectivity index (χ2n) is 7.89. The molecule has 0 spiro atoms. The topological polar surface area (TPSA) is 140 Å². The standard InChI is InChI=1S/C25H18N4O7/c30-28(31)18-7-11-24(27-15-18)34-19-4-1-3-16(13-19)22-9-6-17-14-20(8-10-23(17)36-22)35-25-21(29(32)33)5-2-12-26-25/h1-5,7-8,10-15,22H,6,9H2/t22-/m0/s1. The van der Waals surface area contributed by atoms with E-state index in [1.54, 1.807) is 24.3 Å². The molecule has 3 heterocycles. The molecular formula is C25H18N4O7. The number of pyridine rings is 2. The van der Waals surface area contributed by atoms with Crippen molar-refractivity contribution < 1.29 is 24.1 Å². The number of rotatable bonds is 7. The van der Waals surface area contributed by atoms with E-state index in [0.29, 0.717) is 30.1 Å². The van der Waals surface area contributed by atoms with E-state index in [4.69, 9.17) is 14.2 Å². The van der Waals surface area contributed by atoms with Gasteiger partial charge in [0.2, 0.25) is 5.88 Å². The van der Waals surface area contributed by atoms with Crippen LogP contribution in [0.15, 0.2) is 79.1 Å². The monoisotopic (exact) mass is 486 g/mol. The summed E-state index contributed by atoms with van der Waals surface area (Å²) < 4.78 is 17.6. The predicted molar refractivity (Wildman–Crippen MR) is 127 cm³/mol. The van der Waals surface area contributed by atoms with Gasteiger partial charge in [-0.1, -0.05) is 12.1 Å². The summed E-state index contributed by atoms with van der Waals surface area (Å²) in [4.78, 5) is 28.9. The molecule has 0 saturated carbocycles. The number of hydrogen-bond donors (Lipinski definition) is 0. The van der Waals surface area contributed by atoms with Crippen LogP contribution in [-0.4, -0.2) is 19.8 Å². The van der Waals surface area contributed by atoms with Crippen molar-refractivity contribution in [2.24, 2.45) is 0 Å². The Balaban J connectivity index is 1.29. The van der Waals surface area contributed by atoms with Gasteiger partial charge in [-0.05, 0) is 60.4 Å². The van der Waals surface area contributed by atoms with Crippen molar-refractivity contribution in [2.75, 3.05) is 0 Å². The van der Waals surface area contributed by atoms with Crippen LogP contribution in [-0.2, 0) is 6.42 Å². The van der Waals surface area contributed by atoms with E-state index in [9.17, 15) is 20.2 Å². The summed E-state index contributed by atoms with van der Waals surface area (Å²) in [7, 11) is 0. The third kappa shape index (κ3) is 4.89. The highest BCUT2D eigenvalue weighted by Crippen LogP contribution is 2.39. The first-order valence-electron chi connectivity index (χ1n) is 10.9. The average Bonchev–Trinajstić information content (AvgIpc) is 2.89. The lowest BCUT2D eigenvalue weighted by molar-refractivity contribution is -0.386. The summed E-state index contributed by atoms with van der Waals surface area (Å²) in [6.07, 6.45) is 3.76. The lowest BCUT2D eigenvalue weighted by atomic mass is 9.97. The van der Waals surface area contributed by atoms with Crippen LogP contribution in [0.3, 0.4) is 0 Å². The maximum atomic E-state index is 11.2. The van der Waals surface area contributed by atoms with Gasteiger partial charge in [0.05, 0.1) is 9.85 Å². The van der Waals surface area contributed by atoms with Crippen LogP contribution in [0.25, 0.3) is 0 Å². The third-order valence-corrected chi connectivity index (χ3v) is 5.52. The zero-order valence-electron chi connectivity index (χ0n) is 18.6. The van der Waals surface area contributed by atoms with Crippen LogP contribution in [0.4, 0.5) is 11.4 Å². The van der Waals surface area contributed by atoms with E-state index in [0.717, 1.165) is 17.3 Å². The number of ether oxygens (including phenoxy) is 3. The van der Waals surface area contributed by atoms with Gasteiger partial charge in [0.15, 0.2) is 0 Å². The predicted octanol–water partition coefficient (Wildman–Crippen LogP) is 5.94. The minimum Gasteiger partial charge on any atom is -0.485 e. The number of fused-ring (bicyclic) bond motifs is 1. The van der Waals surface area contributed by atoms with Crippen molar-refractivity contribution in [2.45, 2.75) is 18.9 Å². The van der Waals surface area contributed by atoms with Gasteiger partial charge in [-0.2, -0.15) is 0 Å². The molecule has 1 atom stereocenters. The van der Waals surface area contributed by atoms with E-state index < -0.39 is 9.85 Å². The van der Waals surface area contributed by atoms with Gasteiger partial charge in [0.25, 0.3) is 11.6 Å². The Morgan fingerprint density at radius 3 is 2.53 bits per heavy atom. The van der Waals surface area contributed by atoms with Crippen molar-refractivity contribution in [3.8, 4) is 29.0 Å². The van der Waals surface area contributed by atoms with Crippen LogP contribution >= 0.6 is 0 Å².